The summed E-state index contributed by atoms with van der Waals surface area (Å²) in [5, 5.41) is 5.53. The highest BCUT2D eigenvalue weighted by molar-refractivity contribution is 5.99. The van der Waals surface area contributed by atoms with Gasteiger partial charge in [-0.1, -0.05) is 32.0 Å². The Kier molecular flexibility index (Phi) is 3.45. The van der Waals surface area contributed by atoms with Crippen LogP contribution in [-0.2, 0) is 11.8 Å². The van der Waals surface area contributed by atoms with Gasteiger partial charge in [0, 0.05) is 29.7 Å². The van der Waals surface area contributed by atoms with E-state index in [9.17, 15) is 4.79 Å². The fourth-order valence-corrected chi connectivity index (χ4v) is 7.46. The molecular weight excluding hydrogens is 334 g/mol. The molecule has 2 atom stereocenters. The number of aromatic nitrogens is 1. The fourth-order valence-electron chi connectivity index (χ4n) is 7.46. The minimum Gasteiger partial charge on any atom is -0.350 e. The van der Waals surface area contributed by atoms with Gasteiger partial charge in [0.05, 0.1) is 11.6 Å². The molecule has 4 nitrogen and oxygen atoms in total. The quantitative estimate of drug-likeness (QED) is 0.627. The number of carbonyl (C=O) groups excluding carboxylic acids is 1. The molecule has 4 bridgehead atoms. The van der Waals surface area contributed by atoms with E-state index in [-0.39, 0.29) is 11.3 Å². The lowest BCUT2D eigenvalue weighted by atomic mass is 9.40. The van der Waals surface area contributed by atoms with Crippen molar-refractivity contribution >= 4 is 23.0 Å². The van der Waals surface area contributed by atoms with Crippen molar-refractivity contribution in [3.05, 3.63) is 36.0 Å². The van der Waals surface area contributed by atoms with Crippen LogP contribution in [0.1, 0.15) is 57.9 Å². The van der Waals surface area contributed by atoms with E-state index in [0.29, 0.717) is 16.7 Å². The molecule has 4 aliphatic carbocycles. The summed E-state index contributed by atoms with van der Waals surface area (Å²) in [5.41, 5.74) is 5.60. The Labute approximate surface area is 161 Å². The van der Waals surface area contributed by atoms with E-state index in [0.717, 1.165) is 30.2 Å². The number of amides is 1. The third-order valence-corrected chi connectivity index (χ3v) is 7.41. The Morgan fingerprint density at radius 2 is 1.85 bits per heavy atom. The fraction of sp³-hybridized carbons (Fsp3) is 0.565. The molecule has 2 unspecified atom stereocenters. The van der Waals surface area contributed by atoms with Crippen LogP contribution in [0.4, 0.5) is 0 Å². The lowest BCUT2D eigenvalue weighted by Gasteiger charge is -2.64. The number of nitrogens with one attached hydrogen (secondary N) is 1. The van der Waals surface area contributed by atoms with Gasteiger partial charge in [-0.2, -0.15) is 5.10 Å². The first-order valence-electron chi connectivity index (χ1n) is 10.2. The summed E-state index contributed by atoms with van der Waals surface area (Å²) in [6.45, 7) is 4.80. The molecule has 0 spiro atoms. The van der Waals surface area contributed by atoms with Gasteiger partial charge >= 0.3 is 0 Å². The summed E-state index contributed by atoms with van der Waals surface area (Å²) in [7, 11) is 2.04. The molecule has 142 valence electrons. The van der Waals surface area contributed by atoms with E-state index in [1.54, 1.807) is 6.21 Å². The van der Waals surface area contributed by atoms with E-state index >= 15 is 0 Å². The van der Waals surface area contributed by atoms with Gasteiger partial charge in [0.25, 0.3) is 0 Å². The molecule has 1 aromatic heterocycles. The molecule has 1 amide bonds. The maximum atomic E-state index is 13.2. The summed E-state index contributed by atoms with van der Waals surface area (Å²) in [6, 6.07) is 8.27. The molecule has 1 heterocycles. The summed E-state index contributed by atoms with van der Waals surface area (Å²) in [4.78, 5) is 13.2. The van der Waals surface area contributed by atoms with E-state index in [2.05, 4.69) is 47.3 Å². The standard InChI is InChI=1S/C23H29N3O/c1-21-8-16-9-22(2,13-21)15-23(10-16,14-21)20(27)25-24-11-17-12-26(3)19-7-5-4-6-18(17)19/h4-7,11-12,16H,8-10,13-15H2,1-3H3,(H,25,27)/b24-11+. The third kappa shape index (κ3) is 2.64. The number of benzene rings is 1. The van der Waals surface area contributed by atoms with Gasteiger partial charge < -0.3 is 4.57 Å². The van der Waals surface area contributed by atoms with Gasteiger partial charge in [-0.15, -0.1) is 0 Å². The molecule has 0 aliphatic heterocycles. The van der Waals surface area contributed by atoms with Crippen LogP contribution < -0.4 is 5.43 Å². The zero-order chi connectivity index (χ0) is 18.9. The Balaban J connectivity index is 1.37. The van der Waals surface area contributed by atoms with E-state index in [4.69, 9.17) is 0 Å². The molecule has 6 rings (SSSR count). The van der Waals surface area contributed by atoms with Crippen molar-refractivity contribution in [2.45, 2.75) is 52.4 Å². The van der Waals surface area contributed by atoms with E-state index in [1.165, 1.54) is 24.8 Å². The van der Waals surface area contributed by atoms with Crippen LogP contribution >= 0.6 is 0 Å². The van der Waals surface area contributed by atoms with Gasteiger partial charge in [0.2, 0.25) is 5.91 Å². The summed E-state index contributed by atoms with van der Waals surface area (Å²) in [6.07, 6.45) is 10.9. The van der Waals surface area contributed by atoms with Crippen molar-refractivity contribution in [3.8, 4) is 0 Å². The first-order valence-corrected chi connectivity index (χ1v) is 10.2. The average Bonchev–Trinajstić information content (AvgIpc) is 2.88. The predicted molar refractivity (Wildman–Crippen MR) is 108 cm³/mol. The first-order chi connectivity index (χ1) is 12.8. The summed E-state index contributed by atoms with van der Waals surface area (Å²) >= 11 is 0. The van der Waals surface area contributed by atoms with E-state index < -0.39 is 0 Å². The van der Waals surface area contributed by atoms with Crippen molar-refractivity contribution in [3.63, 3.8) is 0 Å². The van der Waals surface area contributed by atoms with Gasteiger partial charge in [-0.05, 0) is 61.3 Å². The minimum atomic E-state index is -0.209. The van der Waals surface area contributed by atoms with E-state index in [1.807, 2.05) is 19.2 Å². The largest absolute Gasteiger partial charge is 0.350 e. The summed E-state index contributed by atoms with van der Waals surface area (Å²) in [5.74, 6) is 0.851. The van der Waals surface area contributed by atoms with Crippen LogP contribution in [0.5, 0.6) is 0 Å². The zero-order valence-electron chi connectivity index (χ0n) is 16.6. The molecule has 0 saturated heterocycles. The number of nitrogens with zero attached hydrogens (tertiary/aromatic N) is 2. The normalized spacial score (nSPS) is 37.4. The maximum absolute atomic E-state index is 13.2. The molecule has 27 heavy (non-hydrogen) atoms. The Bertz CT molecular complexity index is 938. The Morgan fingerprint density at radius 1 is 1.15 bits per heavy atom. The molecule has 4 heteroatoms. The molecule has 4 fully saturated rings. The third-order valence-electron chi connectivity index (χ3n) is 7.41. The second-order valence-electron chi connectivity index (χ2n) is 10.3. The highest BCUT2D eigenvalue weighted by Crippen LogP contribution is 2.69. The lowest BCUT2D eigenvalue weighted by molar-refractivity contribution is -0.170. The molecule has 4 aliphatic rings. The van der Waals surface area contributed by atoms with Crippen molar-refractivity contribution in [2.75, 3.05) is 0 Å². The van der Waals surface area contributed by atoms with Crippen molar-refractivity contribution in [1.29, 1.82) is 0 Å². The average molecular weight is 364 g/mol. The second kappa shape index (κ2) is 5.46. The van der Waals surface area contributed by atoms with Crippen LogP contribution in [0.2, 0.25) is 0 Å². The van der Waals surface area contributed by atoms with Gasteiger partial charge in [-0.25, -0.2) is 5.43 Å². The first kappa shape index (κ1) is 17.0. The van der Waals surface area contributed by atoms with Crippen molar-refractivity contribution < 1.29 is 4.79 Å². The van der Waals surface area contributed by atoms with Crippen LogP contribution in [0.3, 0.4) is 0 Å². The van der Waals surface area contributed by atoms with Gasteiger partial charge in [0.1, 0.15) is 0 Å². The lowest BCUT2D eigenvalue weighted by Crippen LogP contribution is -2.59. The Hall–Kier alpha value is -2.10. The zero-order valence-corrected chi connectivity index (χ0v) is 16.6. The number of aryl methyl sites for hydroxylation is 1. The van der Waals surface area contributed by atoms with Crippen LogP contribution in [-0.4, -0.2) is 16.7 Å². The molecule has 4 saturated carbocycles. The second-order valence-corrected chi connectivity index (χ2v) is 10.3. The van der Waals surface area contributed by atoms with Gasteiger partial charge in [-0.3, -0.25) is 4.79 Å². The number of fused-ring (bicyclic) bond motifs is 1. The maximum Gasteiger partial charge on any atom is 0.246 e. The number of hydrogen-bond acceptors (Lipinski definition) is 2. The minimum absolute atomic E-state index is 0.139. The monoisotopic (exact) mass is 363 g/mol. The number of hydrazone groups is 1. The van der Waals surface area contributed by atoms with Gasteiger partial charge in [0.15, 0.2) is 0 Å². The molecular formula is C23H29N3O. The number of rotatable bonds is 3. The predicted octanol–water partition coefficient (Wildman–Crippen LogP) is 4.63. The molecule has 1 aromatic carbocycles. The highest BCUT2D eigenvalue weighted by atomic mass is 16.2. The molecule has 1 N–H and O–H groups in total. The van der Waals surface area contributed by atoms with Crippen LogP contribution in [0.25, 0.3) is 10.9 Å². The van der Waals surface area contributed by atoms with Crippen molar-refractivity contribution in [1.82, 2.24) is 9.99 Å². The number of hydrogen-bond donors (Lipinski definition) is 1. The number of para-hydroxylation sites is 1. The highest BCUT2D eigenvalue weighted by Gasteiger charge is 2.62. The number of carbonyl (C=O) groups is 1. The smallest absolute Gasteiger partial charge is 0.246 e. The van der Waals surface area contributed by atoms with Crippen LogP contribution in [0, 0.1) is 22.2 Å². The summed E-state index contributed by atoms with van der Waals surface area (Å²) < 4.78 is 2.10. The SMILES string of the molecule is Cn1cc(/C=N/NC(=O)C23CC4CC(C)(CC(C)(C4)C2)C3)c2ccccc21. The molecule has 2 aromatic rings. The van der Waals surface area contributed by atoms with Crippen LogP contribution in [0.15, 0.2) is 35.6 Å². The Morgan fingerprint density at radius 3 is 2.56 bits per heavy atom. The topological polar surface area (TPSA) is 46.4 Å². The molecule has 0 radical (unpaired) electrons. The van der Waals surface area contributed by atoms with Crippen molar-refractivity contribution in [2.24, 2.45) is 34.3 Å².